The summed E-state index contributed by atoms with van der Waals surface area (Å²) < 4.78 is 0. The quantitative estimate of drug-likeness (QED) is 0.650. The number of carbonyl (C=O) groups is 1. The van der Waals surface area contributed by atoms with Crippen LogP contribution in [-0.2, 0) is 0 Å². The van der Waals surface area contributed by atoms with Crippen LogP contribution < -0.4 is 0 Å². The van der Waals surface area contributed by atoms with Gasteiger partial charge in [0.1, 0.15) is 5.01 Å². The number of rotatable bonds is 3. The summed E-state index contributed by atoms with van der Waals surface area (Å²) in [5.41, 5.74) is 0. The molecule has 1 rings (SSSR count). The van der Waals surface area contributed by atoms with Crippen molar-refractivity contribution in [2.24, 2.45) is 0 Å². The predicted octanol–water partition coefficient (Wildman–Crippen LogP) is 1.83. The third kappa shape index (κ3) is 2.08. The molecule has 60 valence electrons. The largest absolute Gasteiger partial charge is 0.291 e. The number of hydrogen-bond donors (Lipinski definition) is 0. The average molecular weight is 170 g/mol. The van der Waals surface area contributed by atoms with Gasteiger partial charge in [0.2, 0.25) is 0 Å². The van der Waals surface area contributed by atoms with Crippen LogP contribution in [0.5, 0.6) is 0 Å². The van der Waals surface area contributed by atoms with Crippen LogP contribution in [0.2, 0.25) is 0 Å². The van der Waals surface area contributed by atoms with Crippen LogP contribution >= 0.6 is 11.3 Å². The van der Waals surface area contributed by atoms with E-state index in [0.717, 1.165) is 11.4 Å². The molecule has 0 aromatic carbocycles. The van der Waals surface area contributed by atoms with Crippen molar-refractivity contribution in [1.82, 2.24) is 10.2 Å². The minimum absolute atomic E-state index is 0.109. The van der Waals surface area contributed by atoms with Crippen molar-refractivity contribution in [1.29, 1.82) is 0 Å². The first kappa shape index (κ1) is 8.33. The highest BCUT2D eigenvalue weighted by atomic mass is 32.1. The fourth-order valence-electron chi connectivity index (χ4n) is 0.743. The van der Waals surface area contributed by atoms with E-state index in [2.05, 4.69) is 10.2 Å². The summed E-state index contributed by atoms with van der Waals surface area (Å²) in [7, 11) is 0. The van der Waals surface area contributed by atoms with Gasteiger partial charge in [0, 0.05) is 6.42 Å². The molecule has 4 heteroatoms. The maximum absolute atomic E-state index is 11.2. The standard InChI is InChI=1S/C7H10N2OS/c1-3-4-6(10)7-9-8-5(2)11-7/h3-4H2,1-2H3. The van der Waals surface area contributed by atoms with E-state index in [4.69, 9.17) is 0 Å². The molecule has 0 bridgehead atoms. The Kier molecular flexibility index (Phi) is 2.70. The van der Waals surface area contributed by atoms with Gasteiger partial charge in [-0.05, 0) is 13.3 Å². The Labute approximate surface area is 69.5 Å². The monoisotopic (exact) mass is 170 g/mol. The van der Waals surface area contributed by atoms with Crippen molar-refractivity contribution < 1.29 is 4.79 Å². The smallest absolute Gasteiger partial charge is 0.193 e. The predicted molar refractivity (Wildman–Crippen MR) is 43.9 cm³/mol. The molecular formula is C7H10N2OS. The Morgan fingerprint density at radius 3 is 2.73 bits per heavy atom. The Morgan fingerprint density at radius 2 is 2.27 bits per heavy atom. The maximum Gasteiger partial charge on any atom is 0.193 e. The summed E-state index contributed by atoms with van der Waals surface area (Å²) in [6.07, 6.45) is 1.45. The number of aryl methyl sites for hydroxylation is 1. The molecule has 0 radical (unpaired) electrons. The second-order valence-electron chi connectivity index (χ2n) is 2.30. The summed E-state index contributed by atoms with van der Waals surface area (Å²) in [6, 6.07) is 0. The second-order valence-corrected chi connectivity index (χ2v) is 3.48. The van der Waals surface area contributed by atoms with Gasteiger partial charge in [0.15, 0.2) is 10.8 Å². The van der Waals surface area contributed by atoms with Crippen molar-refractivity contribution >= 4 is 17.1 Å². The van der Waals surface area contributed by atoms with E-state index in [0.29, 0.717) is 11.4 Å². The summed E-state index contributed by atoms with van der Waals surface area (Å²) >= 11 is 1.36. The molecule has 1 heterocycles. The van der Waals surface area contributed by atoms with Gasteiger partial charge in [-0.25, -0.2) is 0 Å². The Morgan fingerprint density at radius 1 is 1.55 bits per heavy atom. The number of aromatic nitrogens is 2. The van der Waals surface area contributed by atoms with Gasteiger partial charge in [-0.2, -0.15) is 0 Å². The molecule has 0 atom stereocenters. The van der Waals surface area contributed by atoms with Crippen LogP contribution in [0.1, 0.15) is 34.6 Å². The number of hydrogen-bond acceptors (Lipinski definition) is 4. The van der Waals surface area contributed by atoms with Crippen LogP contribution in [0, 0.1) is 6.92 Å². The van der Waals surface area contributed by atoms with E-state index in [1.807, 2.05) is 13.8 Å². The van der Waals surface area contributed by atoms with Crippen molar-refractivity contribution in [3.05, 3.63) is 10.0 Å². The van der Waals surface area contributed by atoms with Crippen LogP contribution in [0.3, 0.4) is 0 Å². The van der Waals surface area contributed by atoms with Crippen molar-refractivity contribution in [3.8, 4) is 0 Å². The molecular weight excluding hydrogens is 160 g/mol. The summed E-state index contributed by atoms with van der Waals surface area (Å²) in [4.78, 5) is 11.2. The zero-order chi connectivity index (χ0) is 8.27. The van der Waals surface area contributed by atoms with Crippen molar-refractivity contribution in [2.75, 3.05) is 0 Å². The molecule has 0 aliphatic heterocycles. The van der Waals surface area contributed by atoms with Crippen molar-refractivity contribution in [2.45, 2.75) is 26.7 Å². The molecule has 0 fully saturated rings. The van der Waals surface area contributed by atoms with Gasteiger partial charge in [0.25, 0.3) is 0 Å². The summed E-state index contributed by atoms with van der Waals surface area (Å²) in [5.74, 6) is 0.109. The highest BCUT2D eigenvalue weighted by Crippen LogP contribution is 2.10. The molecule has 0 aliphatic rings. The molecule has 1 aromatic rings. The lowest BCUT2D eigenvalue weighted by atomic mass is 10.2. The molecule has 0 saturated carbocycles. The average Bonchev–Trinajstić information content (AvgIpc) is 2.36. The first-order valence-corrected chi connectivity index (χ1v) is 4.39. The summed E-state index contributed by atoms with van der Waals surface area (Å²) in [6.45, 7) is 3.83. The van der Waals surface area contributed by atoms with E-state index < -0.39 is 0 Å². The first-order chi connectivity index (χ1) is 5.24. The third-order valence-electron chi connectivity index (χ3n) is 1.24. The van der Waals surface area contributed by atoms with E-state index >= 15 is 0 Å². The molecule has 0 aliphatic carbocycles. The second kappa shape index (κ2) is 3.57. The molecule has 0 unspecified atom stereocenters. The lowest BCUT2D eigenvalue weighted by molar-refractivity contribution is 0.0980. The van der Waals surface area contributed by atoms with E-state index in [-0.39, 0.29) is 5.78 Å². The fraction of sp³-hybridized carbons (Fsp3) is 0.571. The van der Waals surface area contributed by atoms with Crippen LogP contribution in [0.25, 0.3) is 0 Å². The Balaban J connectivity index is 2.69. The van der Waals surface area contributed by atoms with Gasteiger partial charge in [-0.1, -0.05) is 18.3 Å². The normalized spacial score (nSPS) is 10.0. The SMILES string of the molecule is CCCC(=O)c1nnc(C)s1. The van der Waals surface area contributed by atoms with Gasteiger partial charge < -0.3 is 0 Å². The topological polar surface area (TPSA) is 42.9 Å². The Bertz CT molecular complexity index is 257. The number of carbonyl (C=O) groups excluding carboxylic acids is 1. The van der Waals surface area contributed by atoms with Gasteiger partial charge in [-0.15, -0.1) is 10.2 Å². The zero-order valence-corrected chi connectivity index (χ0v) is 7.44. The van der Waals surface area contributed by atoms with Crippen LogP contribution in [0.4, 0.5) is 0 Å². The number of nitrogens with zero attached hydrogens (tertiary/aromatic N) is 2. The van der Waals surface area contributed by atoms with E-state index in [1.165, 1.54) is 11.3 Å². The maximum atomic E-state index is 11.2. The minimum Gasteiger partial charge on any atom is -0.291 e. The van der Waals surface area contributed by atoms with Gasteiger partial charge in [-0.3, -0.25) is 4.79 Å². The Hall–Kier alpha value is -0.770. The van der Waals surface area contributed by atoms with Crippen molar-refractivity contribution in [3.63, 3.8) is 0 Å². The highest BCUT2D eigenvalue weighted by Gasteiger charge is 2.08. The molecule has 0 spiro atoms. The van der Waals surface area contributed by atoms with Crippen LogP contribution in [0.15, 0.2) is 0 Å². The molecule has 3 nitrogen and oxygen atoms in total. The van der Waals surface area contributed by atoms with Crippen LogP contribution in [-0.4, -0.2) is 16.0 Å². The number of ketones is 1. The van der Waals surface area contributed by atoms with Gasteiger partial charge >= 0.3 is 0 Å². The zero-order valence-electron chi connectivity index (χ0n) is 6.63. The summed E-state index contributed by atoms with van der Waals surface area (Å²) in [5, 5.41) is 8.92. The van der Waals surface area contributed by atoms with E-state index in [1.54, 1.807) is 0 Å². The van der Waals surface area contributed by atoms with Gasteiger partial charge in [0.05, 0.1) is 0 Å². The molecule has 11 heavy (non-hydrogen) atoms. The lowest BCUT2D eigenvalue weighted by Crippen LogP contribution is -1.96. The first-order valence-electron chi connectivity index (χ1n) is 3.57. The number of Topliss-reactive ketones (excluding diaryl/α,β-unsaturated/α-hetero) is 1. The molecule has 0 saturated heterocycles. The molecule has 0 N–H and O–H groups in total. The fourth-order valence-corrected chi connectivity index (χ4v) is 1.40. The third-order valence-corrected chi connectivity index (χ3v) is 2.12. The molecule has 0 amide bonds. The lowest BCUT2D eigenvalue weighted by Gasteiger charge is -1.88. The minimum atomic E-state index is 0.109. The molecule has 1 aromatic heterocycles. The van der Waals surface area contributed by atoms with E-state index in [9.17, 15) is 4.79 Å². The highest BCUT2D eigenvalue weighted by molar-refractivity contribution is 7.13.